The summed E-state index contributed by atoms with van der Waals surface area (Å²) in [6.07, 6.45) is 4.03. The summed E-state index contributed by atoms with van der Waals surface area (Å²) >= 11 is 12.8. The zero-order valence-electron chi connectivity index (χ0n) is 21.3. The molecular weight excluding hydrogens is 502 g/mol. The molecule has 0 saturated carbocycles. The number of nitrogens with one attached hydrogen (secondary N) is 2. The maximum absolute atomic E-state index is 13.1. The molecule has 2 atom stereocenters. The SMILES string of the molecule is CC1=CC(C)(C)N(C)c2cc(Cl)c([C@@H]3[C@@H](c4ccccn4)NC(=S)N3CC(=O)Nc3ccccc3)cc21. The van der Waals surface area contributed by atoms with E-state index in [9.17, 15) is 4.79 Å². The van der Waals surface area contributed by atoms with Crippen molar-refractivity contribution in [3.63, 3.8) is 0 Å². The molecule has 1 amide bonds. The molecule has 190 valence electrons. The number of fused-ring (bicyclic) bond motifs is 1. The average Bonchev–Trinajstić information content (AvgIpc) is 3.18. The molecule has 1 saturated heterocycles. The number of allylic oxidation sites excluding steroid dienone is 1. The number of para-hydroxylation sites is 1. The van der Waals surface area contributed by atoms with Gasteiger partial charge >= 0.3 is 0 Å². The van der Waals surface area contributed by atoms with Crippen molar-refractivity contribution in [1.82, 2.24) is 15.2 Å². The van der Waals surface area contributed by atoms with E-state index in [1.165, 1.54) is 5.57 Å². The molecule has 0 unspecified atom stereocenters. The van der Waals surface area contributed by atoms with Crippen molar-refractivity contribution in [1.29, 1.82) is 0 Å². The van der Waals surface area contributed by atoms with Gasteiger partial charge < -0.3 is 20.4 Å². The van der Waals surface area contributed by atoms with Crippen LogP contribution in [0.3, 0.4) is 0 Å². The van der Waals surface area contributed by atoms with Crippen LogP contribution in [-0.4, -0.2) is 40.0 Å². The molecule has 0 aliphatic carbocycles. The lowest BCUT2D eigenvalue weighted by atomic mass is 9.86. The van der Waals surface area contributed by atoms with Gasteiger partial charge in [-0.25, -0.2) is 0 Å². The Kier molecular flexibility index (Phi) is 6.68. The predicted octanol–water partition coefficient (Wildman–Crippen LogP) is 5.98. The van der Waals surface area contributed by atoms with Crippen LogP contribution in [0.15, 0.2) is 72.9 Å². The maximum Gasteiger partial charge on any atom is 0.244 e. The largest absolute Gasteiger partial charge is 0.365 e. The van der Waals surface area contributed by atoms with Crippen LogP contribution in [0.2, 0.25) is 5.02 Å². The lowest BCUT2D eigenvalue weighted by Crippen LogP contribution is -2.42. The van der Waals surface area contributed by atoms with Gasteiger partial charge in [0.25, 0.3) is 0 Å². The summed E-state index contributed by atoms with van der Waals surface area (Å²) in [6.45, 7) is 6.57. The van der Waals surface area contributed by atoms with E-state index in [1.54, 1.807) is 6.20 Å². The fourth-order valence-corrected chi connectivity index (χ4v) is 5.78. The molecule has 2 N–H and O–H groups in total. The highest BCUT2D eigenvalue weighted by atomic mass is 35.5. The zero-order chi connectivity index (χ0) is 26.3. The Morgan fingerprint density at radius 3 is 2.59 bits per heavy atom. The van der Waals surface area contributed by atoms with Crippen LogP contribution in [0.25, 0.3) is 5.57 Å². The van der Waals surface area contributed by atoms with E-state index in [2.05, 4.69) is 60.5 Å². The van der Waals surface area contributed by atoms with Crippen molar-refractivity contribution in [3.8, 4) is 0 Å². The molecule has 5 rings (SSSR count). The first-order valence-corrected chi connectivity index (χ1v) is 13.0. The highest BCUT2D eigenvalue weighted by Gasteiger charge is 2.42. The molecule has 2 aliphatic heterocycles. The smallest absolute Gasteiger partial charge is 0.244 e. The van der Waals surface area contributed by atoms with E-state index in [0.717, 1.165) is 28.2 Å². The number of likely N-dealkylation sites (N-methyl/N-ethyl adjacent to an activating group) is 1. The third-order valence-electron chi connectivity index (χ3n) is 7.22. The van der Waals surface area contributed by atoms with Crippen molar-refractivity contribution in [2.24, 2.45) is 0 Å². The molecule has 0 bridgehead atoms. The monoisotopic (exact) mass is 531 g/mol. The van der Waals surface area contributed by atoms with Crippen molar-refractivity contribution < 1.29 is 4.79 Å². The van der Waals surface area contributed by atoms with E-state index in [1.807, 2.05) is 59.5 Å². The molecule has 37 heavy (non-hydrogen) atoms. The zero-order valence-corrected chi connectivity index (χ0v) is 22.9. The molecule has 2 aromatic carbocycles. The first kappa shape index (κ1) is 25.2. The molecule has 8 heteroatoms. The van der Waals surface area contributed by atoms with Crippen LogP contribution >= 0.6 is 23.8 Å². The third kappa shape index (κ3) is 4.81. The van der Waals surface area contributed by atoms with E-state index in [0.29, 0.717) is 10.1 Å². The normalized spacial score (nSPS) is 20.2. The van der Waals surface area contributed by atoms with Gasteiger partial charge in [-0.2, -0.15) is 0 Å². The number of pyridine rings is 1. The third-order valence-corrected chi connectivity index (χ3v) is 7.90. The minimum Gasteiger partial charge on any atom is -0.365 e. The molecule has 3 heterocycles. The number of rotatable bonds is 5. The molecular formula is C29H30ClN5OS. The molecule has 2 aliphatic rings. The minimum absolute atomic E-state index is 0.0733. The summed E-state index contributed by atoms with van der Waals surface area (Å²) < 4.78 is 0. The molecule has 6 nitrogen and oxygen atoms in total. The fourth-order valence-electron chi connectivity index (χ4n) is 5.21. The lowest BCUT2D eigenvalue weighted by Gasteiger charge is -2.41. The van der Waals surface area contributed by atoms with Crippen molar-refractivity contribution in [2.45, 2.75) is 38.4 Å². The second-order valence-electron chi connectivity index (χ2n) is 10.1. The Labute approximate surface area is 228 Å². The molecule has 1 fully saturated rings. The highest BCUT2D eigenvalue weighted by Crippen LogP contribution is 2.46. The minimum atomic E-state index is -0.324. The highest BCUT2D eigenvalue weighted by molar-refractivity contribution is 7.80. The number of aromatic nitrogens is 1. The lowest BCUT2D eigenvalue weighted by molar-refractivity contribution is -0.116. The summed E-state index contributed by atoms with van der Waals surface area (Å²) in [4.78, 5) is 21.9. The Morgan fingerprint density at radius 1 is 1.16 bits per heavy atom. The molecule has 1 aromatic heterocycles. The van der Waals surface area contributed by atoms with E-state index in [-0.39, 0.29) is 30.1 Å². The quantitative estimate of drug-likeness (QED) is 0.395. The van der Waals surface area contributed by atoms with Gasteiger partial charge in [0.05, 0.1) is 23.3 Å². The number of hydrogen-bond donors (Lipinski definition) is 2. The number of anilines is 2. The van der Waals surface area contributed by atoms with Crippen molar-refractivity contribution >= 4 is 51.8 Å². The van der Waals surface area contributed by atoms with Gasteiger partial charge in [0.15, 0.2) is 5.11 Å². The van der Waals surface area contributed by atoms with Gasteiger partial charge in [0, 0.05) is 35.2 Å². The van der Waals surface area contributed by atoms with Crippen LogP contribution < -0.4 is 15.5 Å². The van der Waals surface area contributed by atoms with Gasteiger partial charge in [-0.1, -0.05) is 41.9 Å². The Balaban J connectivity index is 1.56. The van der Waals surface area contributed by atoms with Gasteiger partial charge in [-0.15, -0.1) is 0 Å². The number of amides is 1. The first-order chi connectivity index (χ1) is 17.7. The summed E-state index contributed by atoms with van der Waals surface area (Å²) in [5.74, 6) is -0.159. The second-order valence-corrected chi connectivity index (χ2v) is 10.9. The van der Waals surface area contributed by atoms with Crippen LogP contribution in [0.4, 0.5) is 11.4 Å². The number of halogens is 1. The second kappa shape index (κ2) is 9.80. The van der Waals surface area contributed by atoms with Crippen LogP contribution in [0, 0.1) is 0 Å². The Bertz CT molecular complexity index is 1380. The van der Waals surface area contributed by atoms with E-state index in [4.69, 9.17) is 23.8 Å². The molecule has 3 aromatic rings. The van der Waals surface area contributed by atoms with Crippen LogP contribution in [0.1, 0.15) is 49.7 Å². The topological polar surface area (TPSA) is 60.5 Å². The maximum atomic E-state index is 13.1. The number of thiocarbonyl (C=S) groups is 1. The Morgan fingerprint density at radius 2 is 1.89 bits per heavy atom. The number of nitrogens with zero attached hydrogens (tertiary/aromatic N) is 3. The predicted molar refractivity (Wildman–Crippen MR) is 155 cm³/mol. The van der Waals surface area contributed by atoms with Crippen LogP contribution in [-0.2, 0) is 4.79 Å². The van der Waals surface area contributed by atoms with Gasteiger partial charge in [0.1, 0.15) is 6.54 Å². The van der Waals surface area contributed by atoms with Gasteiger partial charge in [-0.3, -0.25) is 9.78 Å². The van der Waals surface area contributed by atoms with Crippen molar-refractivity contribution in [2.75, 3.05) is 23.8 Å². The average molecular weight is 532 g/mol. The molecule has 0 radical (unpaired) electrons. The number of benzene rings is 2. The van der Waals surface area contributed by atoms with E-state index >= 15 is 0 Å². The first-order valence-electron chi connectivity index (χ1n) is 12.3. The van der Waals surface area contributed by atoms with Gasteiger partial charge in [-0.05, 0) is 80.5 Å². The fraction of sp³-hybridized carbons (Fsp3) is 0.276. The van der Waals surface area contributed by atoms with Crippen LogP contribution in [0.5, 0.6) is 0 Å². The summed E-state index contributed by atoms with van der Waals surface area (Å²) in [5.41, 5.74) is 5.73. The molecule has 0 spiro atoms. The summed E-state index contributed by atoms with van der Waals surface area (Å²) in [6, 6.07) is 18.8. The summed E-state index contributed by atoms with van der Waals surface area (Å²) in [7, 11) is 2.08. The Hall–Kier alpha value is -3.42. The standard InChI is InChI=1S/C29H30ClN5OS/c1-18-16-29(2,3)34(4)24-15-22(30)21(14-20(18)24)27-26(23-12-8-9-13-31-23)33-28(37)35(27)17-25(36)32-19-10-6-5-7-11-19/h5-16,26-27H,17H2,1-4H3,(H,32,36)(H,33,37)/t26-,27-/m1/s1. The van der Waals surface area contributed by atoms with Gasteiger partial charge in [0.2, 0.25) is 5.91 Å². The van der Waals surface area contributed by atoms with E-state index < -0.39 is 0 Å². The summed E-state index contributed by atoms with van der Waals surface area (Å²) in [5, 5.41) is 7.50. The number of carbonyl (C=O) groups excluding carboxylic acids is 1. The number of hydrogen-bond acceptors (Lipinski definition) is 4. The number of carbonyl (C=O) groups is 1. The van der Waals surface area contributed by atoms with Crippen molar-refractivity contribution in [3.05, 3.63) is 94.8 Å².